The molecule has 0 radical (unpaired) electrons. The van der Waals surface area contributed by atoms with Crippen LogP contribution in [0.3, 0.4) is 0 Å². The van der Waals surface area contributed by atoms with Crippen LogP contribution < -0.4 is 5.32 Å². The van der Waals surface area contributed by atoms with E-state index in [2.05, 4.69) is 21.3 Å². The van der Waals surface area contributed by atoms with Gasteiger partial charge in [-0.2, -0.15) is 11.3 Å². The first-order valence-electron chi connectivity index (χ1n) is 10.3. The lowest BCUT2D eigenvalue weighted by Gasteiger charge is -2.46. The molecule has 3 saturated heterocycles. The standard InChI is InChI=1S/C22H26N4O2S/c27-19(18-3-11-29-14-18)26-9-5-21(6-10-26)15-25(13-17-2-1-7-23-12-17)16-22(21)4-8-24-20(22)28/h1-3,7,11-12,14H,4-6,8-10,13,15-16H2,(H,24,28)/t22-/m1/s1. The lowest BCUT2D eigenvalue weighted by Crippen LogP contribution is -2.53. The second-order valence-corrected chi connectivity index (χ2v) is 9.46. The fraction of sp³-hybridized carbons (Fsp3) is 0.500. The number of rotatable bonds is 3. The quantitative estimate of drug-likeness (QED) is 0.844. The van der Waals surface area contributed by atoms with E-state index in [0.717, 1.165) is 64.1 Å². The summed E-state index contributed by atoms with van der Waals surface area (Å²) in [6.45, 7) is 4.75. The van der Waals surface area contributed by atoms with Gasteiger partial charge in [0.15, 0.2) is 0 Å². The van der Waals surface area contributed by atoms with E-state index in [1.165, 1.54) is 5.56 Å². The van der Waals surface area contributed by atoms with Crippen LogP contribution in [0.4, 0.5) is 0 Å². The monoisotopic (exact) mass is 410 g/mol. The second-order valence-electron chi connectivity index (χ2n) is 8.68. The number of hydrogen-bond acceptors (Lipinski definition) is 5. The number of nitrogens with one attached hydrogen (secondary N) is 1. The van der Waals surface area contributed by atoms with Crippen LogP contribution in [-0.2, 0) is 11.3 Å². The molecular weight excluding hydrogens is 384 g/mol. The maximum absolute atomic E-state index is 13.0. The van der Waals surface area contributed by atoms with Crippen molar-refractivity contribution < 1.29 is 9.59 Å². The van der Waals surface area contributed by atoms with Crippen LogP contribution in [0.5, 0.6) is 0 Å². The van der Waals surface area contributed by atoms with Crippen molar-refractivity contribution in [2.24, 2.45) is 10.8 Å². The van der Waals surface area contributed by atoms with E-state index in [1.807, 2.05) is 34.0 Å². The molecule has 3 aliphatic rings. The van der Waals surface area contributed by atoms with Gasteiger partial charge in [-0.05, 0) is 42.3 Å². The Morgan fingerprint density at radius 2 is 2.07 bits per heavy atom. The Labute approximate surface area is 174 Å². The number of likely N-dealkylation sites (tertiary alicyclic amines) is 2. The van der Waals surface area contributed by atoms with Gasteiger partial charge in [-0.15, -0.1) is 0 Å². The molecule has 6 nitrogen and oxygen atoms in total. The second kappa shape index (κ2) is 7.22. The van der Waals surface area contributed by atoms with Crippen LogP contribution in [0.15, 0.2) is 41.4 Å². The summed E-state index contributed by atoms with van der Waals surface area (Å²) in [5.41, 5.74) is 1.58. The Kier molecular flexibility index (Phi) is 4.67. The molecule has 3 fully saturated rings. The first kappa shape index (κ1) is 18.8. The highest BCUT2D eigenvalue weighted by Gasteiger charge is 2.63. The molecular formula is C22H26N4O2S. The highest BCUT2D eigenvalue weighted by Crippen LogP contribution is 2.56. The molecule has 3 aliphatic heterocycles. The first-order chi connectivity index (χ1) is 14.1. The molecule has 1 N–H and O–H groups in total. The van der Waals surface area contributed by atoms with Crippen molar-refractivity contribution in [2.45, 2.75) is 25.8 Å². The zero-order valence-electron chi connectivity index (χ0n) is 16.5. The summed E-state index contributed by atoms with van der Waals surface area (Å²) in [7, 11) is 0. The van der Waals surface area contributed by atoms with Crippen LogP contribution in [0.2, 0.25) is 0 Å². The van der Waals surface area contributed by atoms with Gasteiger partial charge in [0.05, 0.1) is 11.0 Å². The third-order valence-electron chi connectivity index (χ3n) is 7.21. The molecule has 2 spiro atoms. The fourth-order valence-corrected chi connectivity index (χ4v) is 6.35. The van der Waals surface area contributed by atoms with Crippen molar-refractivity contribution in [1.82, 2.24) is 20.1 Å². The summed E-state index contributed by atoms with van der Waals surface area (Å²) in [4.78, 5) is 34.5. The van der Waals surface area contributed by atoms with Crippen molar-refractivity contribution in [3.63, 3.8) is 0 Å². The van der Waals surface area contributed by atoms with Crippen LogP contribution >= 0.6 is 11.3 Å². The normalized spacial score (nSPS) is 26.3. The van der Waals surface area contributed by atoms with Crippen molar-refractivity contribution in [2.75, 3.05) is 32.7 Å². The molecule has 7 heteroatoms. The van der Waals surface area contributed by atoms with Gasteiger partial charge in [0, 0.05) is 62.5 Å². The Hall–Kier alpha value is -2.25. The lowest BCUT2D eigenvalue weighted by atomic mass is 9.60. The largest absolute Gasteiger partial charge is 0.356 e. The number of pyridine rings is 1. The van der Waals surface area contributed by atoms with E-state index in [-0.39, 0.29) is 22.6 Å². The number of aromatic nitrogens is 1. The summed E-state index contributed by atoms with van der Waals surface area (Å²) in [5.74, 6) is 0.333. The maximum atomic E-state index is 13.0. The summed E-state index contributed by atoms with van der Waals surface area (Å²) in [6.07, 6.45) is 6.38. The molecule has 0 unspecified atom stereocenters. The number of piperidine rings is 1. The Balaban J connectivity index is 1.36. The molecule has 2 amide bonds. The van der Waals surface area contributed by atoms with Gasteiger partial charge in [-0.1, -0.05) is 6.07 Å². The van der Waals surface area contributed by atoms with Gasteiger partial charge in [0.25, 0.3) is 5.91 Å². The highest BCUT2D eigenvalue weighted by molar-refractivity contribution is 7.08. The molecule has 0 aromatic carbocycles. The summed E-state index contributed by atoms with van der Waals surface area (Å²) in [5, 5.41) is 6.98. The van der Waals surface area contributed by atoms with E-state index < -0.39 is 0 Å². The third kappa shape index (κ3) is 3.07. The van der Waals surface area contributed by atoms with Gasteiger partial charge in [-0.3, -0.25) is 19.5 Å². The molecule has 29 heavy (non-hydrogen) atoms. The number of carbonyl (C=O) groups excluding carboxylic acids is 2. The minimum Gasteiger partial charge on any atom is -0.356 e. The van der Waals surface area contributed by atoms with Gasteiger partial charge >= 0.3 is 0 Å². The van der Waals surface area contributed by atoms with Gasteiger partial charge in [-0.25, -0.2) is 0 Å². The van der Waals surface area contributed by atoms with Gasteiger partial charge in [0.1, 0.15) is 0 Å². The molecule has 0 aliphatic carbocycles. The summed E-state index contributed by atoms with van der Waals surface area (Å²) < 4.78 is 0. The molecule has 0 saturated carbocycles. The number of fused-ring (bicyclic) bond motifs is 1. The zero-order valence-corrected chi connectivity index (χ0v) is 17.3. The van der Waals surface area contributed by atoms with Gasteiger partial charge in [0.2, 0.25) is 5.91 Å². The van der Waals surface area contributed by atoms with E-state index in [9.17, 15) is 9.59 Å². The molecule has 0 bridgehead atoms. The van der Waals surface area contributed by atoms with Crippen molar-refractivity contribution in [3.05, 3.63) is 52.5 Å². The van der Waals surface area contributed by atoms with Crippen molar-refractivity contribution in [3.8, 4) is 0 Å². The minimum atomic E-state index is -0.327. The molecule has 5 rings (SSSR count). The number of amides is 2. The Bertz CT molecular complexity index is 893. The van der Waals surface area contributed by atoms with E-state index >= 15 is 0 Å². The minimum absolute atomic E-state index is 0.0543. The number of thiophene rings is 1. The van der Waals surface area contributed by atoms with Crippen molar-refractivity contribution in [1.29, 1.82) is 0 Å². The van der Waals surface area contributed by atoms with Crippen molar-refractivity contribution >= 4 is 23.2 Å². The highest BCUT2D eigenvalue weighted by atomic mass is 32.1. The molecule has 152 valence electrons. The first-order valence-corrected chi connectivity index (χ1v) is 11.3. The summed E-state index contributed by atoms with van der Waals surface area (Å²) in [6, 6.07) is 5.96. The topological polar surface area (TPSA) is 65.5 Å². The number of carbonyl (C=O) groups is 2. The summed E-state index contributed by atoms with van der Waals surface area (Å²) >= 11 is 1.56. The SMILES string of the molecule is O=C(c1ccsc1)N1CCC2(CC1)CN(Cc1cccnc1)C[C@@]21CCNC1=O. The number of hydrogen-bond donors (Lipinski definition) is 1. The average molecular weight is 411 g/mol. The molecule has 2 aromatic heterocycles. The lowest BCUT2D eigenvalue weighted by molar-refractivity contribution is -0.133. The Morgan fingerprint density at radius 1 is 1.21 bits per heavy atom. The van der Waals surface area contributed by atoms with Crippen LogP contribution in [0.1, 0.15) is 35.2 Å². The maximum Gasteiger partial charge on any atom is 0.254 e. The van der Waals surface area contributed by atoms with Gasteiger partial charge < -0.3 is 10.2 Å². The fourth-order valence-electron chi connectivity index (χ4n) is 5.72. The van der Waals surface area contributed by atoms with Crippen LogP contribution in [-0.4, -0.2) is 59.3 Å². The molecule has 2 aromatic rings. The Morgan fingerprint density at radius 3 is 2.72 bits per heavy atom. The number of nitrogens with zero attached hydrogens (tertiary/aromatic N) is 3. The smallest absolute Gasteiger partial charge is 0.254 e. The van der Waals surface area contributed by atoms with E-state index in [0.29, 0.717) is 0 Å². The average Bonchev–Trinajstić information content (AvgIpc) is 3.45. The molecule has 5 heterocycles. The van der Waals surface area contributed by atoms with Crippen LogP contribution in [0, 0.1) is 10.8 Å². The predicted molar refractivity (Wildman–Crippen MR) is 111 cm³/mol. The predicted octanol–water partition coefficient (Wildman–Crippen LogP) is 2.39. The molecule has 1 atom stereocenters. The third-order valence-corrected chi connectivity index (χ3v) is 7.90. The zero-order chi connectivity index (χ0) is 19.9. The van der Waals surface area contributed by atoms with Crippen LogP contribution in [0.25, 0.3) is 0 Å². The van der Waals surface area contributed by atoms with E-state index in [4.69, 9.17) is 0 Å². The van der Waals surface area contributed by atoms with E-state index in [1.54, 1.807) is 17.5 Å².